The molecular weight excluding hydrogens is 178 g/mol. The van der Waals surface area contributed by atoms with Crippen molar-refractivity contribution in [1.82, 2.24) is 5.32 Å². The van der Waals surface area contributed by atoms with Crippen LogP contribution in [0.4, 0.5) is 0 Å². The molecule has 13 heavy (non-hydrogen) atoms. The molecule has 1 saturated heterocycles. The number of hydrogen-bond donors (Lipinski definition) is 1. The Kier molecular flexibility index (Phi) is 2.43. The zero-order valence-electron chi connectivity index (χ0n) is 8.34. The molecule has 0 radical (unpaired) electrons. The van der Waals surface area contributed by atoms with E-state index in [1.165, 1.54) is 24.9 Å². The fourth-order valence-corrected chi connectivity index (χ4v) is 2.81. The molecule has 1 aromatic rings. The second kappa shape index (κ2) is 3.43. The monoisotopic (exact) mass is 195 g/mol. The second-order valence-corrected chi connectivity index (χ2v) is 5.25. The Hall–Kier alpha value is -0.340. The van der Waals surface area contributed by atoms with E-state index in [0.717, 1.165) is 5.92 Å². The molecule has 1 nitrogen and oxygen atoms in total. The third-order valence-electron chi connectivity index (χ3n) is 3.16. The van der Waals surface area contributed by atoms with Crippen LogP contribution in [0.1, 0.15) is 25.8 Å². The summed E-state index contributed by atoms with van der Waals surface area (Å²) in [4.78, 5) is 0. The zero-order chi connectivity index (χ0) is 9.31. The van der Waals surface area contributed by atoms with Crippen molar-refractivity contribution in [1.29, 1.82) is 0 Å². The molecule has 0 aromatic carbocycles. The smallest absolute Gasteiger partial charge is 0.0156 e. The molecule has 2 heteroatoms. The van der Waals surface area contributed by atoms with E-state index in [2.05, 4.69) is 36.0 Å². The van der Waals surface area contributed by atoms with Crippen LogP contribution in [0, 0.1) is 5.92 Å². The molecule has 1 atom stereocenters. The maximum absolute atomic E-state index is 3.56. The van der Waals surface area contributed by atoms with Gasteiger partial charge in [-0.3, -0.25) is 0 Å². The Morgan fingerprint density at radius 2 is 2.46 bits per heavy atom. The van der Waals surface area contributed by atoms with E-state index in [1.807, 2.05) is 0 Å². The summed E-state index contributed by atoms with van der Waals surface area (Å²) in [5.41, 5.74) is 1.84. The number of hydrogen-bond acceptors (Lipinski definition) is 2. The van der Waals surface area contributed by atoms with Crippen molar-refractivity contribution in [3.63, 3.8) is 0 Å². The lowest BCUT2D eigenvalue weighted by Gasteiger charge is -2.26. The Morgan fingerprint density at radius 1 is 1.62 bits per heavy atom. The van der Waals surface area contributed by atoms with E-state index in [4.69, 9.17) is 0 Å². The predicted octanol–water partition coefficient (Wildman–Crippen LogP) is 2.68. The molecule has 0 saturated carbocycles. The molecular formula is C11H17NS. The molecule has 1 N–H and O–H groups in total. The average molecular weight is 195 g/mol. The second-order valence-electron chi connectivity index (χ2n) is 4.47. The molecule has 1 aliphatic heterocycles. The minimum Gasteiger partial charge on any atom is -0.311 e. The van der Waals surface area contributed by atoms with Gasteiger partial charge in [-0.25, -0.2) is 0 Å². The number of rotatable bonds is 2. The van der Waals surface area contributed by atoms with E-state index in [9.17, 15) is 0 Å². The summed E-state index contributed by atoms with van der Waals surface area (Å²) < 4.78 is 0. The lowest BCUT2D eigenvalue weighted by molar-refractivity contribution is 0.333. The number of nitrogens with one attached hydrogen (secondary N) is 1. The van der Waals surface area contributed by atoms with Crippen molar-refractivity contribution >= 4 is 11.3 Å². The third-order valence-corrected chi connectivity index (χ3v) is 3.89. The summed E-state index contributed by atoms with van der Waals surface area (Å²) in [6.07, 6.45) is 2.56. The van der Waals surface area contributed by atoms with Gasteiger partial charge in [-0.05, 0) is 61.5 Å². The zero-order valence-corrected chi connectivity index (χ0v) is 9.16. The summed E-state index contributed by atoms with van der Waals surface area (Å²) in [7, 11) is 0. The Balaban J connectivity index is 2.02. The standard InChI is InChI=1S/C11H17NS/c1-11(2)10(3-5-12-11)7-9-4-6-13-8-9/h4,6,8,10,12H,3,5,7H2,1-2H3. The lowest BCUT2D eigenvalue weighted by Crippen LogP contribution is -2.38. The van der Waals surface area contributed by atoms with Crippen LogP contribution in [-0.2, 0) is 6.42 Å². The van der Waals surface area contributed by atoms with Crippen LogP contribution in [0.5, 0.6) is 0 Å². The van der Waals surface area contributed by atoms with Crippen molar-refractivity contribution in [3.8, 4) is 0 Å². The first-order chi connectivity index (χ1) is 6.18. The van der Waals surface area contributed by atoms with Gasteiger partial charge in [-0.15, -0.1) is 0 Å². The largest absolute Gasteiger partial charge is 0.311 e. The van der Waals surface area contributed by atoms with Crippen molar-refractivity contribution in [3.05, 3.63) is 22.4 Å². The van der Waals surface area contributed by atoms with Crippen LogP contribution >= 0.6 is 11.3 Å². The van der Waals surface area contributed by atoms with E-state index in [1.54, 1.807) is 11.3 Å². The molecule has 1 fully saturated rings. The van der Waals surface area contributed by atoms with Crippen LogP contribution < -0.4 is 5.32 Å². The molecule has 0 aliphatic carbocycles. The maximum Gasteiger partial charge on any atom is 0.0156 e. The van der Waals surface area contributed by atoms with Gasteiger partial charge in [-0.1, -0.05) is 0 Å². The Morgan fingerprint density at radius 3 is 3.00 bits per heavy atom. The minimum atomic E-state index is 0.335. The molecule has 2 heterocycles. The van der Waals surface area contributed by atoms with Crippen molar-refractivity contribution < 1.29 is 0 Å². The van der Waals surface area contributed by atoms with Gasteiger partial charge in [0, 0.05) is 5.54 Å². The number of thiophene rings is 1. The first-order valence-corrected chi connectivity index (χ1v) is 5.89. The highest BCUT2D eigenvalue weighted by Gasteiger charge is 2.33. The molecule has 1 aliphatic rings. The highest BCUT2D eigenvalue weighted by molar-refractivity contribution is 7.07. The SMILES string of the molecule is CC1(C)NCCC1Cc1ccsc1. The molecule has 0 bridgehead atoms. The molecule has 0 amide bonds. The van der Waals surface area contributed by atoms with Crippen molar-refractivity contribution in [2.75, 3.05) is 6.54 Å². The topological polar surface area (TPSA) is 12.0 Å². The fraction of sp³-hybridized carbons (Fsp3) is 0.636. The summed E-state index contributed by atoms with van der Waals surface area (Å²) in [5, 5.41) is 8.01. The molecule has 2 rings (SSSR count). The van der Waals surface area contributed by atoms with Gasteiger partial charge in [-0.2, -0.15) is 11.3 Å². The van der Waals surface area contributed by atoms with Crippen LogP contribution in [-0.4, -0.2) is 12.1 Å². The minimum absolute atomic E-state index is 0.335. The quantitative estimate of drug-likeness (QED) is 0.765. The fourth-order valence-electron chi connectivity index (χ4n) is 2.12. The van der Waals surface area contributed by atoms with Gasteiger partial charge in [0.1, 0.15) is 0 Å². The van der Waals surface area contributed by atoms with Crippen molar-refractivity contribution in [2.24, 2.45) is 5.92 Å². The Labute approximate surface area is 84.2 Å². The van der Waals surface area contributed by atoms with Crippen LogP contribution in [0.2, 0.25) is 0 Å². The van der Waals surface area contributed by atoms with Crippen LogP contribution in [0.15, 0.2) is 16.8 Å². The predicted molar refractivity (Wildman–Crippen MR) is 58.2 cm³/mol. The summed E-state index contributed by atoms with van der Waals surface area (Å²) in [5.74, 6) is 0.807. The van der Waals surface area contributed by atoms with E-state index in [-0.39, 0.29) is 0 Å². The average Bonchev–Trinajstić information content (AvgIpc) is 2.63. The lowest BCUT2D eigenvalue weighted by atomic mass is 9.85. The molecule has 1 aromatic heterocycles. The first-order valence-electron chi connectivity index (χ1n) is 4.94. The third kappa shape index (κ3) is 1.94. The van der Waals surface area contributed by atoms with E-state index < -0.39 is 0 Å². The summed E-state index contributed by atoms with van der Waals surface area (Å²) in [6, 6.07) is 2.25. The maximum atomic E-state index is 3.56. The van der Waals surface area contributed by atoms with Gasteiger partial charge in [0.05, 0.1) is 0 Å². The van der Waals surface area contributed by atoms with E-state index in [0.29, 0.717) is 5.54 Å². The summed E-state index contributed by atoms with van der Waals surface area (Å²) >= 11 is 1.80. The van der Waals surface area contributed by atoms with Gasteiger partial charge in [0.15, 0.2) is 0 Å². The summed E-state index contributed by atoms with van der Waals surface area (Å²) in [6.45, 7) is 5.82. The highest BCUT2D eigenvalue weighted by Crippen LogP contribution is 2.29. The highest BCUT2D eigenvalue weighted by atomic mass is 32.1. The van der Waals surface area contributed by atoms with E-state index >= 15 is 0 Å². The van der Waals surface area contributed by atoms with Crippen LogP contribution in [0.3, 0.4) is 0 Å². The normalized spacial score (nSPS) is 26.5. The van der Waals surface area contributed by atoms with Crippen LogP contribution in [0.25, 0.3) is 0 Å². The molecule has 0 spiro atoms. The van der Waals surface area contributed by atoms with Gasteiger partial charge in [0.2, 0.25) is 0 Å². The van der Waals surface area contributed by atoms with Gasteiger partial charge in [0.25, 0.3) is 0 Å². The Bertz CT molecular complexity index is 264. The first kappa shape index (κ1) is 9.22. The van der Waals surface area contributed by atoms with Gasteiger partial charge < -0.3 is 5.32 Å². The molecule has 72 valence electrons. The van der Waals surface area contributed by atoms with Crippen molar-refractivity contribution in [2.45, 2.75) is 32.2 Å². The van der Waals surface area contributed by atoms with Gasteiger partial charge >= 0.3 is 0 Å². The molecule has 1 unspecified atom stereocenters.